The molecule has 0 fully saturated rings. The Kier molecular flexibility index (Phi) is 4.06. The monoisotopic (exact) mass is 300 g/mol. The quantitative estimate of drug-likeness (QED) is 0.735. The average molecular weight is 301 g/mol. The zero-order valence-electron chi connectivity index (χ0n) is 11.8. The summed E-state index contributed by atoms with van der Waals surface area (Å²) in [5.41, 5.74) is 3.25. The molecule has 1 atom stereocenters. The average Bonchev–Trinajstić information content (AvgIpc) is 2.96. The summed E-state index contributed by atoms with van der Waals surface area (Å²) in [7, 11) is 0. The number of anilines is 1. The number of pyridine rings is 1. The number of alkyl halides is 1. The van der Waals surface area contributed by atoms with Gasteiger partial charge in [0, 0.05) is 11.9 Å². The van der Waals surface area contributed by atoms with Crippen molar-refractivity contribution in [1.29, 1.82) is 0 Å². The summed E-state index contributed by atoms with van der Waals surface area (Å²) < 4.78 is 1.80. The van der Waals surface area contributed by atoms with Crippen LogP contribution in [0.2, 0.25) is 0 Å². The second kappa shape index (κ2) is 6.14. The molecular weight excluding hydrogens is 284 g/mol. The van der Waals surface area contributed by atoms with Gasteiger partial charge in [-0.15, -0.1) is 11.6 Å². The Balaban J connectivity index is 1.84. The van der Waals surface area contributed by atoms with Crippen molar-refractivity contribution in [1.82, 2.24) is 14.6 Å². The van der Waals surface area contributed by atoms with E-state index in [-0.39, 0.29) is 6.04 Å². The highest BCUT2D eigenvalue weighted by molar-refractivity contribution is 6.18. The number of aryl methyl sites for hydroxylation is 1. The first-order valence-corrected chi connectivity index (χ1v) is 7.46. The van der Waals surface area contributed by atoms with Crippen LogP contribution in [0.4, 0.5) is 5.82 Å². The lowest BCUT2D eigenvalue weighted by Gasteiger charge is -2.18. The Morgan fingerprint density at radius 1 is 1.24 bits per heavy atom. The van der Waals surface area contributed by atoms with Gasteiger partial charge in [-0.1, -0.05) is 30.3 Å². The van der Waals surface area contributed by atoms with Gasteiger partial charge in [0.05, 0.1) is 0 Å². The molecule has 108 valence electrons. The van der Waals surface area contributed by atoms with Gasteiger partial charge in [0.25, 0.3) is 0 Å². The third kappa shape index (κ3) is 3.16. The van der Waals surface area contributed by atoms with Crippen molar-refractivity contribution in [3.05, 3.63) is 59.9 Å². The molecule has 4 nitrogen and oxygen atoms in total. The summed E-state index contributed by atoms with van der Waals surface area (Å²) in [6.45, 7) is 2.05. The summed E-state index contributed by atoms with van der Waals surface area (Å²) in [6, 6.07) is 14.5. The molecule has 1 unspecified atom stereocenters. The number of hydrogen-bond donors (Lipinski definition) is 1. The molecule has 0 aliphatic rings. The van der Waals surface area contributed by atoms with E-state index in [9.17, 15) is 0 Å². The molecule has 5 heteroatoms. The first kappa shape index (κ1) is 13.9. The molecule has 0 aliphatic carbocycles. The van der Waals surface area contributed by atoms with Gasteiger partial charge in [-0.2, -0.15) is 9.61 Å². The van der Waals surface area contributed by atoms with Gasteiger partial charge < -0.3 is 5.32 Å². The predicted molar refractivity (Wildman–Crippen MR) is 86.0 cm³/mol. The van der Waals surface area contributed by atoms with Crippen molar-refractivity contribution in [2.45, 2.75) is 19.4 Å². The molecule has 3 aromatic rings. The number of halogens is 1. The van der Waals surface area contributed by atoms with Crippen LogP contribution >= 0.6 is 11.6 Å². The molecule has 3 rings (SSSR count). The molecule has 1 N–H and O–H groups in total. The normalized spacial score (nSPS) is 12.5. The van der Waals surface area contributed by atoms with Crippen LogP contribution in [-0.4, -0.2) is 26.5 Å². The smallest absolute Gasteiger partial charge is 0.157 e. The molecule has 0 saturated carbocycles. The maximum absolute atomic E-state index is 6.12. The van der Waals surface area contributed by atoms with Crippen LogP contribution in [0, 0.1) is 6.92 Å². The van der Waals surface area contributed by atoms with Crippen molar-refractivity contribution < 1.29 is 0 Å². The minimum atomic E-state index is 0.142. The third-order valence-corrected chi connectivity index (χ3v) is 3.76. The number of nitrogens with one attached hydrogen (secondary N) is 1. The molecule has 1 aromatic carbocycles. The van der Waals surface area contributed by atoms with Gasteiger partial charge in [0.2, 0.25) is 0 Å². The summed E-state index contributed by atoms with van der Waals surface area (Å²) in [5.74, 6) is 1.45. The molecule has 21 heavy (non-hydrogen) atoms. The number of nitrogens with zero attached hydrogens (tertiary/aromatic N) is 3. The van der Waals surface area contributed by atoms with Crippen LogP contribution in [0.5, 0.6) is 0 Å². The molecule has 0 aliphatic heterocycles. The van der Waals surface area contributed by atoms with Crippen LogP contribution in [0.25, 0.3) is 5.65 Å². The van der Waals surface area contributed by atoms with Gasteiger partial charge in [-0.05, 0) is 36.6 Å². The maximum Gasteiger partial charge on any atom is 0.157 e. The first-order valence-electron chi connectivity index (χ1n) is 6.93. The van der Waals surface area contributed by atoms with Crippen molar-refractivity contribution in [2.24, 2.45) is 0 Å². The Bertz CT molecular complexity index is 723. The van der Waals surface area contributed by atoms with Crippen LogP contribution in [0.1, 0.15) is 11.1 Å². The minimum absolute atomic E-state index is 0.142. The number of aromatic nitrogens is 3. The van der Waals surface area contributed by atoms with Crippen molar-refractivity contribution in [3.8, 4) is 0 Å². The van der Waals surface area contributed by atoms with Crippen LogP contribution in [0.3, 0.4) is 0 Å². The van der Waals surface area contributed by atoms with Crippen molar-refractivity contribution in [3.63, 3.8) is 0 Å². The number of rotatable bonds is 5. The second-order valence-corrected chi connectivity index (χ2v) is 5.44. The van der Waals surface area contributed by atoms with E-state index in [1.807, 2.05) is 31.2 Å². The molecule has 0 radical (unpaired) electrons. The molecular formula is C16H17ClN4. The lowest BCUT2D eigenvalue weighted by Crippen LogP contribution is -2.25. The van der Waals surface area contributed by atoms with E-state index in [1.54, 1.807) is 10.8 Å². The van der Waals surface area contributed by atoms with E-state index in [0.29, 0.717) is 5.88 Å². The van der Waals surface area contributed by atoms with Gasteiger partial charge in [0.15, 0.2) is 5.65 Å². The zero-order valence-corrected chi connectivity index (χ0v) is 12.6. The molecule has 0 saturated heterocycles. The van der Waals surface area contributed by atoms with Crippen molar-refractivity contribution >= 4 is 23.1 Å². The summed E-state index contributed by atoms with van der Waals surface area (Å²) in [4.78, 5) is 4.24. The molecule has 2 aromatic heterocycles. The zero-order chi connectivity index (χ0) is 14.7. The minimum Gasteiger partial charge on any atom is -0.366 e. The number of hydrogen-bond acceptors (Lipinski definition) is 3. The van der Waals surface area contributed by atoms with Gasteiger partial charge in [-0.3, -0.25) is 0 Å². The van der Waals surface area contributed by atoms with Crippen molar-refractivity contribution in [2.75, 3.05) is 11.2 Å². The Hall–Kier alpha value is -2.07. The van der Waals surface area contributed by atoms with Gasteiger partial charge >= 0.3 is 0 Å². The topological polar surface area (TPSA) is 42.2 Å². The van der Waals surface area contributed by atoms with Crippen LogP contribution in [-0.2, 0) is 6.42 Å². The maximum atomic E-state index is 6.12. The standard InChI is InChI=1S/C16H17ClN4/c1-12-7-15-18-11-19-21(15)16(8-12)20-14(10-17)9-13-5-3-2-4-6-13/h2-8,11,14,20H,9-10H2,1H3. The van der Waals surface area contributed by atoms with Gasteiger partial charge in [-0.25, -0.2) is 4.98 Å². The Labute approximate surface area is 128 Å². The van der Waals surface area contributed by atoms with E-state index in [0.717, 1.165) is 23.4 Å². The highest BCUT2D eigenvalue weighted by Crippen LogP contribution is 2.16. The Morgan fingerprint density at radius 2 is 2.05 bits per heavy atom. The van der Waals surface area contributed by atoms with E-state index >= 15 is 0 Å². The lowest BCUT2D eigenvalue weighted by molar-refractivity contribution is 0.779. The largest absolute Gasteiger partial charge is 0.366 e. The summed E-state index contributed by atoms with van der Waals surface area (Å²) in [5, 5.41) is 7.73. The summed E-state index contributed by atoms with van der Waals surface area (Å²) in [6.07, 6.45) is 2.43. The number of fused-ring (bicyclic) bond motifs is 1. The second-order valence-electron chi connectivity index (χ2n) is 5.13. The third-order valence-electron chi connectivity index (χ3n) is 3.39. The Morgan fingerprint density at radius 3 is 2.81 bits per heavy atom. The molecule has 2 heterocycles. The lowest BCUT2D eigenvalue weighted by atomic mass is 10.1. The van der Waals surface area contributed by atoms with E-state index in [1.165, 1.54) is 5.56 Å². The van der Waals surface area contributed by atoms with E-state index in [2.05, 4.69) is 33.6 Å². The van der Waals surface area contributed by atoms with Crippen LogP contribution < -0.4 is 5.32 Å². The molecule has 0 amide bonds. The number of benzene rings is 1. The fraction of sp³-hybridized carbons (Fsp3) is 0.250. The van der Waals surface area contributed by atoms with Gasteiger partial charge in [0.1, 0.15) is 12.1 Å². The predicted octanol–water partition coefficient (Wildman–Crippen LogP) is 3.30. The van der Waals surface area contributed by atoms with E-state index < -0.39 is 0 Å². The first-order chi connectivity index (χ1) is 10.3. The highest BCUT2D eigenvalue weighted by Gasteiger charge is 2.11. The highest BCUT2D eigenvalue weighted by atomic mass is 35.5. The molecule has 0 bridgehead atoms. The SMILES string of the molecule is Cc1cc(NC(CCl)Cc2ccccc2)n2ncnc2c1. The van der Waals surface area contributed by atoms with Crippen LogP contribution in [0.15, 0.2) is 48.8 Å². The summed E-state index contributed by atoms with van der Waals surface area (Å²) >= 11 is 6.12. The van der Waals surface area contributed by atoms with E-state index in [4.69, 9.17) is 11.6 Å². The fourth-order valence-electron chi connectivity index (χ4n) is 2.41. The fourth-order valence-corrected chi connectivity index (χ4v) is 2.60. The molecule has 0 spiro atoms.